The number of rotatable bonds is 5. The molecule has 28 heavy (non-hydrogen) atoms. The van der Waals surface area contributed by atoms with Crippen molar-refractivity contribution in [2.45, 2.75) is 13.8 Å². The van der Waals surface area contributed by atoms with Gasteiger partial charge in [0.25, 0.3) is 5.91 Å². The molecule has 0 aliphatic rings. The number of ether oxygens (including phenoxy) is 1. The number of nitrogens with zero attached hydrogens (tertiary/aromatic N) is 1. The van der Waals surface area contributed by atoms with Gasteiger partial charge in [-0.15, -0.1) is 0 Å². The number of hydrogen-bond acceptors (Lipinski definition) is 3. The molecule has 1 amide bonds. The second-order valence-electron chi connectivity index (χ2n) is 6.23. The quantitative estimate of drug-likeness (QED) is 0.672. The summed E-state index contributed by atoms with van der Waals surface area (Å²) < 4.78 is 33.2. The number of esters is 1. The normalized spacial score (nSPS) is 10.6. The average molecular weight is 384 g/mol. The number of nitrogens with one attached hydrogen (secondary N) is 1. The van der Waals surface area contributed by atoms with Crippen LogP contribution in [-0.2, 0) is 9.53 Å². The highest BCUT2D eigenvalue weighted by atomic mass is 19.1. The highest BCUT2D eigenvalue weighted by molar-refractivity contribution is 5.96. The third kappa shape index (κ3) is 4.25. The molecule has 0 bridgehead atoms. The van der Waals surface area contributed by atoms with Crippen LogP contribution in [0.4, 0.5) is 14.5 Å². The number of amides is 1. The fourth-order valence-electron chi connectivity index (χ4n) is 2.93. The zero-order valence-corrected chi connectivity index (χ0v) is 15.3. The zero-order chi connectivity index (χ0) is 20.3. The van der Waals surface area contributed by atoms with Crippen LogP contribution in [0.5, 0.6) is 0 Å². The molecule has 0 unspecified atom stereocenters. The van der Waals surface area contributed by atoms with Crippen LogP contribution in [-0.4, -0.2) is 23.1 Å². The number of carbonyl (C=O) groups excluding carboxylic acids is 2. The molecule has 0 spiro atoms. The summed E-state index contributed by atoms with van der Waals surface area (Å²) in [5.41, 5.74) is 2.66. The van der Waals surface area contributed by atoms with Crippen LogP contribution in [0.2, 0.25) is 0 Å². The van der Waals surface area contributed by atoms with Crippen molar-refractivity contribution in [3.05, 3.63) is 83.2 Å². The van der Waals surface area contributed by atoms with Crippen LogP contribution >= 0.6 is 0 Å². The lowest BCUT2D eigenvalue weighted by Gasteiger charge is -2.10. The number of carbonyl (C=O) groups is 2. The molecule has 1 N–H and O–H groups in total. The Morgan fingerprint density at radius 3 is 2.39 bits per heavy atom. The van der Waals surface area contributed by atoms with Gasteiger partial charge in [-0.2, -0.15) is 0 Å². The van der Waals surface area contributed by atoms with E-state index in [-0.39, 0.29) is 11.5 Å². The zero-order valence-electron chi connectivity index (χ0n) is 15.3. The molecule has 0 aliphatic carbocycles. The highest BCUT2D eigenvalue weighted by Crippen LogP contribution is 2.22. The lowest BCUT2D eigenvalue weighted by atomic mass is 10.2. The van der Waals surface area contributed by atoms with Crippen LogP contribution in [0.1, 0.15) is 21.7 Å². The first-order valence-corrected chi connectivity index (χ1v) is 8.52. The minimum atomic E-state index is -0.657. The summed E-state index contributed by atoms with van der Waals surface area (Å²) in [6.07, 6.45) is 0. The highest BCUT2D eigenvalue weighted by Gasteiger charge is 2.19. The molecule has 3 rings (SSSR count). The molecule has 0 radical (unpaired) electrons. The second kappa shape index (κ2) is 8.04. The van der Waals surface area contributed by atoms with E-state index in [9.17, 15) is 18.4 Å². The Hall–Kier alpha value is -3.48. The first-order valence-electron chi connectivity index (χ1n) is 8.52. The molecule has 7 heteroatoms. The van der Waals surface area contributed by atoms with Gasteiger partial charge in [-0.25, -0.2) is 13.6 Å². The second-order valence-corrected chi connectivity index (χ2v) is 6.23. The minimum absolute atomic E-state index is 0.274. The number of benzene rings is 2. The van der Waals surface area contributed by atoms with Gasteiger partial charge in [0, 0.05) is 22.8 Å². The Bertz CT molecular complexity index is 1030. The van der Waals surface area contributed by atoms with Gasteiger partial charge in [0.15, 0.2) is 6.61 Å². The van der Waals surface area contributed by atoms with E-state index >= 15 is 0 Å². The third-order valence-electron chi connectivity index (χ3n) is 4.18. The number of aryl methyl sites for hydroxylation is 1. The molecule has 0 saturated heterocycles. The van der Waals surface area contributed by atoms with Crippen LogP contribution in [0, 0.1) is 25.5 Å². The van der Waals surface area contributed by atoms with Gasteiger partial charge in [0.1, 0.15) is 11.6 Å². The Morgan fingerprint density at radius 1 is 1.00 bits per heavy atom. The molecular formula is C21H18F2N2O3. The number of halogens is 2. The Morgan fingerprint density at radius 2 is 1.71 bits per heavy atom. The molecule has 0 fully saturated rings. The maximum absolute atomic E-state index is 13.1. The van der Waals surface area contributed by atoms with E-state index in [0.29, 0.717) is 16.9 Å². The van der Waals surface area contributed by atoms with E-state index < -0.39 is 24.3 Å². The fourth-order valence-corrected chi connectivity index (χ4v) is 2.93. The van der Waals surface area contributed by atoms with E-state index in [0.717, 1.165) is 11.8 Å². The van der Waals surface area contributed by atoms with Gasteiger partial charge in [0.05, 0.1) is 5.56 Å². The Kier molecular flexibility index (Phi) is 5.54. The summed E-state index contributed by atoms with van der Waals surface area (Å²) in [6.45, 7) is 3.04. The van der Waals surface area contributed by atoms with E-state index in [1.165, 1.54) is 30.3 Å². The molecule has 1 heterocycles. The van der Waals surface area contributed by atoms with Crippen LogP contribution in [0.3, 0.4) is 0 Å². The van der Waals surface area contributed by atoms with Crippen molar-refractivity contribution >= 4 is 17.6 Å². The van der Waals surface area contributed by atoms with Gasteiger partial charge >= 0.3 is 5.97 Å². The fraction of sp³-hybridized carbons (Fsp3) is 0.143. The van der Waals surface area contributed by atoms with Crippen molar-refractivity contribution < 1.29 is 23.1 Å². The Labute approximate surface area is 160 Å². The van der Waals surface area contributed by atoms with Crippen LogP contribution in [0.25, 0.3) is 5.69 Å². The maximum Gasteiger partial charge on any atom is 0.340 e. The summed E-state index contributed by atoms with van der Waals surface area (Å²) >= 11 is 0. The summed E-state index contributed by atoms with van der Waals surface area (Å²) in [5, 5.41) is 2.46. The van der Waals surface area contributed by atoms with Gasteiger partial charge in [-0.3, -0.25) is 4.79 Å². The van der Waals surface area contributed by atoms with Crippen LogP contribution < -0.4 is 5.32 Å². The minimum Gasteiger partial charge on any atom is -0.452 e. The standard InChI is InChI=1S/C21H18F2N2O3/c1-13-10-19(14(2)25(13)18-8-6-15(22)7-9-18)21(27)28-12-20(26)24-17-5-3-4-16(23)11-17/h3-11H,12H2,1-2H3,(H,24,26). The van der Waals surface area contributed by atoms with Crippen molar-refractivity contribution in [1.82, 2.24) is 4.57 Å². The van der Waals surface area contributed by atoms with Crippen molar-refractivity contribution in [3.63, 3.8) is 0 Å². The molecule has 0 aliphatic heterocycles. The largest absolute Gasteiger partial charge is 0.452 e. The topological polar surface area (TPSA) is 60.3 Å². The average Bonchev–Trinajstić information content (AvgIpc) is 2.95. The molecular weight excluding hydrogens is 366 g/mol. The lowest BCUT2D eigenvalue weighted by Crippen LogP contribution is -2.21. The summed E-state index contributed by atoms with van der Waals surface area (Å²) in [7, 11) is 0. The van der Waals surface area contributed by atoms with Crippen molar-refractivity contribution in [2.24, 2.45) is 0 Å². The SMILES string of the molecule is Cc1cc(C(=O)OCC(=O)Nc2cccc(F)c2)c(C)n1-c1ccc(F)cc1. The van der Waals surface area contributed by atoms with Gasteiger partial charge < -0.3 is 14.6 Å². The number of hydrogen-bond donors (Lipinski definition) is 1. The monoisotopic (exact) mass is 384 g/mol. The maximum atomic E-state index is 13.1. The molecule has 2 aromatic carbocycles. The molecule has 0 atom stereocenters. The predicted octanol–water partition coefficient (Wildman–Crippen LogP) is 4.17. The van der Waals surface area contributed by atoms with Gasteiger partial charge in [-0.05, 0) is 62.4 Å². The molecule has 0 saturated carbocycles. The first kappa shape index (κ1) is 19.3. The molecule has 144 valence electrons. The summed E-state index contributed by atoms with van der Waals surface area (Å²) in [6, 6.07) is 12.9. The van der Waals surface area contributed by atoms with E-state index in [4.69, 9.17) is 4.74 Å². The number of aromatic nitrogens is 1. The Balaban J connectivity index is 1.68. The van der Waals surface area contributed by atoms with Gasteiger partial charge in [0.2, 0.25) is 0 Å². The van der Waals surface area contributed by atoms with Crippen LogP contribution in [0.15, 0.2) is 54.6 Å². The van der Waals surface area contributed by atoms with Crippen molar-refractivity contribution in [1.29, 1.82) is 0 Å². The number of anilines is 1. The third-order valence-corrected chi connectivity index (χ3v) is 4.18. The van der Waals surface area contributed by atoms with Crippen molar-refractivity contribution in [3.8, 4) is 5.69 Å². The molecule has 1 aromatic heterocycles. The molecule has 5 nitrogen and oxygen atoms in total. The summed E-state index contributed by atoms with van der Waals surface area (Å²) in [5.74, 6) is -2.07. The lowest BCUT2D eigenvalue weighted by molar-refractivity contribution is -0.119. The van der Waals surface area contributed by atoms with E-state index in [2.05, 4.69) is 5.32 Å². The summed E-state index contributed by atoms with van der Waals surface area (Å²) in [4.78, 5) is 24.3. The first-order chi connectivity index (χ1) is 13.3. The predicted molar refractivity (Wildman–Crippen MR) is 101 cm³/mol. The molecule has 3 aromatic rings. The van der Waals surface area contributed by atoms with E-state index in [1.807, 2.05) is 6.92 Å². The van der Waals surface area contributed by atoms with Gasteiger partial charge in [-0.1, -0.05) is 6.07 Å². The van der Waals surface area contributed by atoms with Crippen molar-refractivity contribution in [2.75, 3.05) is 11.9 Å². The van der Waals surface area contributed by atoms with E-state index in [1.54, 1.807) is 29.7 Å². The smallest absolute Gasteiger partial charge is 0.340 e.